The molecule has 0 radical (unpaired) electrons. The number of carbonyl (C=O) groups is 1. The number of hydrogen-bond donors (Lipinski definition) is 0. The van der Waals surface area contributed by atoms with Crippen molar-refractivity contribution in [2.24, 2.45) is 5.41 Å². The largest absolute Gasteiger partial charge is 0.465 e. The number of ether oxygens (including phenoxy) is 1. The first-order chi connectivity index (χ1) is 9.38. The first-order valence-corrected chi connectivity index (χ1v) is 7.82. The molecule has 1 fully saturated rings. The lowest BCUT2D eigenvalue weighted by molar-refractivity contribution is -0.147. The minimum atomic E-state index is -3.69. The molecule has 0 heterocycles. The summed E-state index contributed by atoms with van der Waals surface area (Å²) in [5, 5.41) is 8.15. The maximum absolute atomic E-state index is 12.4. The zero-order valence-corrected chi connectivity index (χ0v) is 12.1. The van der Waals surface area contributed by atoms with Gasteiger partial charge in [-0.25, -0.2) is 8.42 Å². The van der Waals surface area contributed by atoms with Crippen molar-refractivity contribution < 1.29 is 17.9 Å². The summed E-state index contributed by atoms with van der Waals surface area (Å²) in [5.41, 5.74) is -0.601. The lowest BCUT2D eigenvalue weighted by Gasteiger charge is -2.09. The number of esters is 1. The Bertz CT molecular complexity index is 672. The van der Waals surface area contributed by atoms with Crippen LogP contribution in [0.3, 0.4) is 0 Å². The molecule has 20 heavy (non-hydrogen) atoms. The van der Waals surface area contributed by atoms with Crippen LogP contribution < -0.4 is 0 Å². The van der Waals surface area contributed by atoms with Gasteiger partial charge in [-0.1, -0.05) is 17.7 Å². The Balaban J connectivity index is 2.32. The topological polar surface area (TPSA) is 84.2 Å². The maximum atomic E-state index is 12.4. The molecular formula is C14H15NO4S. The molecule has 0 saturated heterocycles. The molecule has 6 heteroatoms. The number of carbonyl (C=O) groups excluding carboxylic acids is 1. The monoisotopic (exact) mass is 293 g/mol. The van der Waals surface area contributed by atoms with Gasteiger partial charge in [-0.05, 0) is 32.4 Å². The first kappa shape index (κ1) is 14.5. The van der Waals surface area contributed by atoms with Crippen LogP contribution in [0, 0.1) is 23.7 Å². The number of hydrogen-bond acceptors (Lipinski definition) is 5. The molecule has 1 aromatic rings. The Hall–Kier alpha value is -1.87. The molecule has 1 aromatic carbocycles. The Kier molecular flexibility index (Phi) is 3.57. The molecule has 0 bridgehead atoms. The van der Waals surface area contributed by atoms with Crippen molar-refractivity contribution >= 4 is 15.8 Å². The van der Waals surface area contributed by atoms with Crippen molar-refractivity contribution in [2.45, 2.75) is 30.4 Å². The van der Waals surface area contributed by atoms with Crippen molar-refractivity contribution in [3.05, 3.63) is 29.8 Å². The smallest absolute Gasteiger partial charge is 0.327 e. The average Bonchev–Trinajstić information content (AvgIpc) is 3.16. The van der Waals surface area contributed by atoms with E-state index < -0.39 is 26.5 Å². The quantitative estimate of drug-likeness (QED) is 0.787. The van der Waals surface area contributed by atoms with Crippen LogP contribution in [-0.4, -0.2) is 26.2 Å². The van der Waals surface area contributed by atoms with Crippen LogP contribution in [0.4, 0.5) is 0 Å². The van der Waals surface area contributed by atoms with E-state index in [1.807, 2.05) is 13.0 Å². The Morgan fingerprint density at radius 3 is 2.55 bits per heavy atom. The zero-order chi connectivity index (χ0) is 15.0. The molecule has 0 aromatic heterocycles. The summed E-state index contributed by atoms with van der Waals surface area (Å²) in [5.74, 6) is -0.747. The van der Waals surface area contributed by atoms with E-state index >= 15 is 0 Å². The standard InChI is InChI=1S/C14H15NO4S/c1-3-19-13(16)14(9-15)8-12(14)20(17,18)11-6-4-10(2)5-7-11/h4-7,12H,3,8H2,1-2H3. The number of nitriles is 1. The highest BCUT2D eigenvalue weighted by atomic mass is 32.2. The Labute approximate surface area is 118 Å². The van der Waals surface area contributed by atoms with Crippen LogP contribution >= 0.6 is 0 Å². The molecule has 0 aliphatic heterocycles. The van der Waals surface area contributed by atoms with Gasteiger partial charge in [0.25, 0.3) is 0 Å². The summed E-state index contributed by atoms with van der Waals surface area (Å²) >= 11 is 0. The van der Waals surface area contributed by atoms with E-state index in [4.69, 9.17) is 10.00 Å². The van der Waals surface area contributed by atoms with Crippen molar-refractivity contribution in [1.82, 2.24) is 0 Å². The van der Waals surface area contributed by atoms with Crippen molar-refractivity contribution in [3.8, 4) is 6.07 Å². The van der Waals surface area contributed by atoms with Crippen molar-refractivity contribution in [3.63, 3.8) is 0 Å². The van der Waals surface area contributed by atoms with Gasteiger partial charge in [0, 0.05) is 0 Å². The van der Waals surface area contributed by atoms with E-state index in [0.29, 0.717) is 0 Å². The number of benzene rings is 1. The number of nitrogens with zero attached hydrogens (tertiary/aromatic N) is 1. The first-order valence-electron chi connectivity index (χ1n) is 6.27. The highest BCUT2D eigenvalue weighted by molar-refractivity contribution is 7.92. The lowest BCUT2D eigenvalue weighted by Crippen LogP contribution is -2.25. The summed E-state index contributed by atoms with van der Waals surface area (Å²) in [6.07, 6.45) is -0.00145. The Morgan fingerprint density at radius 2 is 2.05 bits per heavy atom. The van der Waals surface area contributed by atoms with Crippen LogP contribution in [0.25, 0.3) is 0 Å². The second-order valence-corrected chi connectivity index (χ2v) is 6.98. The molecule has 0 N–H and O–H groups in total. The van der Waals surface area contributed by atoms with Gasteiger partial charge in [-0.2, -0.15) is 5.26 Å². The normalized spacial score (nSPS) is 24.8. The highest BCUT2D eigenvalue weighted by Crippen LogP contribution is 2.53. The SMILES string of the molecule is CCOC(=O)C1(C#N)CC1S(=O)(=O)c1ccc(C)cc1. The van der Waals surface area contributed by atoms with Gasteiger partial charge in [0.05, 0.1) is 22.8 Å². The van der Waals surface area contributed by atoms with Gasteiger partial charge >= 0.3 is 5.97 Å². The van der Waals surface area contributed by atoms with E-state index in [9.17, 15) is 13.2 Å². The molecule has 0 amide bonds. The third kappa shape index (κ3) is 2.18. The van der Waals surface area contributed by atoms with Crippen LogP contribution in [-0.2, 0) is 19.4 Å². The van der Waals surface area contributed by atoms with Gasteiger partial charge in [0.2, 0.25) is 0 Å². The average molecular weight is 293 g/mol. The predicted molar refractivity (Wildman–Crippen MR) is 71.4 cm³/mol. The van der Waals surface area contributed by atoms with E-state index in [1.54, 1.807) is 19.1 Å². The maximum Gasteiger partial charge on any atom is 0.327 e. The molecule has 2 atom stereocenters. The summed E-state index contributed by atoms with van der Waals surface area (Å²) in [4.78, 5) is 11.9. The second-order valence-electron chi connectivity index (χ2n) is 4.85. The van der Waals surface area contributed by atoms with Crippen LogP contribution in [0.2, 0.25) is 0 Å². The van der Waals surface area contributed by atoms with Gasteiger partial charge < -0.3 is 4.74 Å². The van der Waals surface area contributed by atoms with Gasteiger partial charge in [-0.3, -0.25) is 4.79 Å². The molecular weight excluding hydrogens is 278 g/mol. The summed E-state index contributed by atoms with van der Waals surface area (Å²) in [6, 6.07) is 8.19. The number of rotatable bonds is 4. The summed E-state index contributed by atoms with van der Waals surface area (Å²) in [6.45, 7) is 3.60. The predicted octanol–water partition coefficient (Wildman–Crippen LogP) is 1.61. The zero-order valence-electron chi connectivity index (χ0n) is 11.3. The molecule has 106 valence electrons. The van der Waals surface area contributed by atoms with Gasteiger partial charge in [0.15, 0.2) is 15.3 Å². The van der Waals surface area contributed by atoms with E-state index in [0.717, 1.165) is 5.56 Å². The highest BCUT2D eigenvalue weighted by Gasteiger charge is 2.68. The van der Waals surface area contributed by atoms with Crippen LogP contribution in [0.1, 0.15) is 18.9 Å². The van der Waals surface area contributed by atoms with Crippen molar-refractivity contribution in [1.29, 1.82) is 5.26 Å². The van der Waals surface area contributed by atoms with Gasteiger partial charge in [-0.15, -0.1) is 0 Å². The molecule has 1 aliphatic rings. The van der Waals surface area contributed by atoms with Crippen molar-refractivity contribution in [2.75, 3.05) is 6.61 Å². The number of aryl methyl sites for hydroxylation is 1. The third-order valence-electron chi connectivity index (χ3n) is 3.46. The van der Waals surface area contributed by atoms with Gasteiger partial charge in [0.1, 0.15) is 0 Å². The second kappa shape index (κ2) is 4.91. The van der Waals surface area contributed by atoms with Crippen LogP contribution in [0.5, 0.6) is 0 Å². The summed E-state index contributed by atoms with van der Waals surface area (Å²) < 4.78 is 29.7. The molecule has 2 unspecified atom stereocenters. The van der Waals surface area contributed by atoms with E-state index in [1.165, 1.54) is 12.1 Å². The summed E-state index contributed by atoms with van der Waals surface area (Å²) in [7, 11) is -3.69. The minimum absolute atomic E-state index is 0.00145. The molecule has 0 spiro atoms. The molecule has 1 saturated carbocycles. The Morgan fingerprint density at radius 1 is 1.45 bits per heavy atom. The fourth-order valence-corrected chi connectivity index (χ4v) is 4.14. The minimum Gasteiger partial charge on any atom is -0.465 e. The molecule has 2 rings (SSSR count). The lowest BCUT2D eigenvalue weighted by atomic mass is 10.1. The number of sulfone groups is 1. The fraction of sp³-hybridized carbons (Fsp3) is 0.429. The molecule has 1 aliphatic carbocycles. The van der Waals surface area contributed by atoms with E-state index in [-0.39, 0.29) is 17.9 Å². The third-order valence-corrected chi connectivity index (χ3v) is 5.71. The fourth-order valence-electron chi connectivity index (χ4n) is 2.14. The molecule has 5 nitrogen and oxygen atoms in total. The van der Waals surface area contributed by atoms with Crippen LogP contribution in [0.15, 0.2) is 29.2 Å². The van der Waals surface area contributed by atoms with E-state index in [2.05, 4.69) is 0 Å².